The quantitative estimate of drug-likeness (QED) is 0.559. The van der Waals surface area contributed by atoms with Gasteiger partial charge in [-0.2, -0.15) is 0 Å². The molecule has 0 radical (unpaired) electrons. The van der Waals surface area contributed by atoms with Gasteiger partial charge in [-0.25, -0.2) is 0 Å². The molecule has 0 aromatic carbocycles. The average Bonchev–Trinajstić information content (AvgIpc) is 2.19. The third kappa shape index (κ3) is 5.81. The fourth-order valence-electron chi connectivity index (χ4n) is 1.60. The Hall–Kier alpha value is 0.170. The maximum atomic E-state index is 5.88. The van der Waals surface area contributed by atoms with E-state index in [1.165, 1.54) is 12.8 Å². The summed E-state index contributed by atoms with van der Waals surface area (Å²) in [6, 6.07) is 0. The average molecular weight is 220 g/mol. The molecule has 0 saturated carbocycles. The van der Waals surface area contributed by atoms with Crippen molar-refractivity contribution in [3.63, 3.8) is 0 Å². The van der Waals surface area contributed by atoms with Crippen molar-refractivity contribution in [3.05, 3.63) is 0 Å². The lowest BCUT2D eigenvalue weighted by Crippen LogP contribution is -2.35. The highest BCUT2D eigenvalue weighted by atomic mass is 35.5. The second kappa shape index (κ2) is 8.48. The molecule has 1 rings (SSSR count). The van der Waals surface area contributed by atoms with Crippen LogP contribution in [0.4, 0.5) is 0 Å². The molecule has 84 valence electrons. The summed E-state index contributed by atoms with van der Waals surface area (Å²) in [5, 5.41) is 10.3. The first kappa shape index (κ1) is 12.2. The molecule has 0 spiro atoms. The van der Waals surface area contributed by atoms with Crippen molar-refractivity contribution in [2.24, 2.45) is 5.92 Å². The van der Waals surface area contributed by atoms with Crippen LogP contribution in [0.15, 0.2) is 0 Å². The van der Waals surface area contributed by atoms with Crippen LogP contribution in [0.2, 0.25) is 0 Å². The Labute approximate surface area is 92.0 Å². The van der Waals surface area contributed by atoms with E-state index in [1.807, 2.05) is 0 Å². The molecule has 0 amide bonds. The van der Waals surface area contributed by atoms with Gasteiger partial charge < -0.3 is 16.0 Å². The van der Waals surface area contributed by atoms with Gasteiger partial charge in [-0.1, -0.05) is 0 Å². The molecule has 0 unspecified atom stereocenters. The predicted molar refractivity (Wildman–Crippen MR) is 62.1 cm³/mol. The minimum Gasteiger partial charge on any atom is -0.317 e. The highest BCUT2D eigenvalue weighted by Crippen LogP contribution is 1.96. The molecule has 1 heterocycles. The first-order valence-electron chi connectivity index (χ1n) is 5.61. The molecule has 0 aromatic heterocycles. The lowest BCUT2D eigenvalue weighted by Gasteiger charge is -2.17. The number of halogens is 1. The van der Waals surface area contributed by atoms with Crippen LogP contribution >= 0.6 is 11.6 Å². The van der Waals surface area contributed by atoms with Gasteiger partial charge in [0.05, 0.1) is 0 Å². The van der Waals surface area contributed by atoms with E-state index in [0.29, 0.717) is 5.92 Å². The predicted octanol–water partition coefficient (Wildman–Crippen LogP) is 0.404. The molecule has 1 saturated heterocycles. The molecule has 1 fully saturated rings. The number of nitrogens with one attached hydrogen (secondary N) is 3. The van der Waals surface area contributed by atoms with Crippen LogP contribution in [-0.4, -0.2) is 45.1 Å². The Balaban J connectivity index is 2.17. The molecule has 1 aliphatic rings. The zero-order valence-electron chi connectivity index (χ0n) is 8.82. The zero-order valence-corrected chi connectivity index (χ0v) is 9.58. The maximum absolute atomic E-state index is 5.88. The van der Waals surface area contributed by atoms with Crippen molar-refractivity contribution in [2.45, 2.75) is 12.8 Å². The van der Waals surface area contributed by atoms with Gasteiger partial charge in [0, 0.05) is 19.0 Å². The second-order valence-electron chi connectivity index (χ2n) is 3.89. The van der Waals surface area contributed by atoms with E-state index in [1.54, 1.807) is 0 Å². The van der Waals surface area contributed by atoms with Crippen LogP contribution in [0.1, 0.15) is 12.8 Å². The summed E-state index contributed by atoms with van der Waals surface area (Å²) in [4.78, 5) is 0. The Morgan fingerprint density at radius 1 is 0.857 bits per heavy atom. The van der Waals surface area contributed by atoms with E-state index in [0.717, 1.165) is 45.1 Å². The van der Waals surface area contributed by atoms with Gasteiger partial charge in [-0.15, -0.1) is 11.6 Å². The van der Waals surface area contributed by atoms with Crippen LogP contribution in [0, 0.1) is 5.92 Å². The molecular weight excluding hydrogens is 198 g/mol. The Morgan fingerprint density at radius 3 is 1.86 bits per heavy atom. The minimum absolute atomic E-state index is 0.573. The van der Waals surface area contributed by atoms with Crippen LogP contribution in [0.3, 0.4) is 0 Å². The molecular formula is C10H22ClN3. The summed E-state index contributed by atoms with van der Waals surface area (Å²) in [6.07, 6.45) is 2.42. The van der Waals surface area contributed by atoms with E-state index in [9.17, 15) is 0 Å². The Bertz CT molecular complexity index is 121. The largest absolute Gasteiger partial charge is 0.317 e. The third-order valence-electron chi connectivity index (χ3n) is 2.50. The topological polar surface area (TPSA) is 36.1 Å². The van der Waals surface area contributed by atoms with E-state index >= 15 is 0 Å². The molecule has 3 N–H and O–H groups in total. The number of hydrogen-bond donors (Lipinski definition) is 3. The molecule has 0 aromatic rings. The highest BCUT2D eigenvalue weighted by molar-refractivity contribution is 6.18. The second-order valence-corrected chi connectivity index (χ2v) is 4.19. The van der Waals surface area contributed by atoms with Gasteiger partial charge in [-0.3, -0.25) is 0 Å². The normalized spacial score (nSPS) is 23.8. The minimum atomic E-state index is 0.573. The smallest absolute Gasteiger partial charge is 0.0276 e. The van der Waals surface area contributed by atoms with E-state index in [2.05, 4.69) is 16.0 Å². The van der Waals surface area contributed by atoms with Crippen LogP contribution in [-0.2, 0) is 0 Å². The van der Waals surface area contributed by atoms with Crippen molar-refractivity contribution in [1.82, 2.24) is 16.0 Å². The maximum Gasteiger partial charge on any atom is 0.0276 e. The van der Waals surface area contributed by atoms with Crippen molar-refractivity contribution in [3.8, 4) is 0 Å². The van der Waals surface area contributed by atoms with Crippen molar-refractivity contribution in [1.29, 1.82) is 0 Å². The molecule has 4 heteroatoms. The van der Waals surface area contributed by atoms with Crippen molar-refractivity contribution < 1.29 is 0 Å². The first-order chi connectivity index (χ1) is 6.93. The van der Waals surface area contributed by atoms with Crippen LogP contribution in [0.25, 0.3) is 0 Å². The summed E-state index contributed by atoms with van der Waals surface area (Å²) in [6.45, 7) is 6.52. The Morgan fingerprint density at radius 2 is 1.36 bits per heavy atom. The fourth-order valence-corrected chi connectivity index (χ4v) is 1.81. The molecule has 3 nitrogen and oxygen atoms in total. The standard InChI is InChI=1S/C10H22ClN3/c11-7-10-8-13-5-1-3-12-4-2-6-14-9-10/h10,12-14H,1-9H2. The van der Waals surface area contributed by atoms with Gasteiger partial charge in [0.1, 0.15) is 0 Å². The summed E-state index contributed by atoms with van der Waals surface area (Å²) in [7, 11) is 0. The summed E-state index contributed by atoms with van der Waals surface area (Å²) >= 11 is 5.88. The van der Waals surface area contributed by atoms with Crippen LogP contribution < -0.4 is 16.0 Å². The third-order valence-corrected chi connectivity index (χ3v) is 2.93. The van der Waals surface area contributed by atoms with Crippen molar-refractivity contribution >= 4 is 11.6 Å². The molecule has 14 heavy (non-hydrogen) atoms. The molecule has 0 atom stereocenters. The fraction of sp³-hybridized carbons (Fsp3) is 1.00. The monoisotopic (exact) mass is 219 g/mol. The van der Waals surface area contributed by atoms with Gasteiger partial charge in [-0.05, 0) is 44.9 Å². The number of rotatable bonds is 1. The summed E-state index contributed by atoms with van der Waals surface area (Å²) in [5.41, 5.74) is 0. The van der Waals surface area contributed by atoms with Gasteiger partial charge in [0.15, 0.2) is 0 Å². The molecule has 1 aliphatic heterocycles. The van der Waals surface area contributed by atoms with Crippen molar-refractivity contribution in [2.75, 3.05) is 45.1 Å². The Kier molecular flexibility index (Phi) is 7.41. The van der Waals surface area contributed by atoms with Gasteiger partial charge >= 0.3 is 0 Å². The van der Waals surface area contributed by atoms with Gasteiger partial charge in [0.25, 0.3) is 0 Å². The molecule has 0 bridgehead atoms. The summed E-state index contributed by atoms with van der Waals surface area (Å²) in [5.74, 6) is 1.32. The summed E-state index contributed by atoms with van der Waals surface area (Å²) < 4.78 is 0. The number of hydrogen-bond acceptors (Lipinski definition) is 3. The van der Waals surface area contributed by atoms with Gasteiger partial charge in [0.2, 0.25) is 0 Å². The van der Waals surface area contributed by atoms with E-state index < -0.39 is 0 Å². The lowest BCUT2D eigenvalue weighted by molar-refractivity contribution is 0.454. The zero-order chi connectivity index (χ0) is 10.1. The highest BCUT2D eigenvalue weighted by Gasteiger charge is 2.06. The SMILES string of the molecule is ClCC1CNCCCNCCCNC1. The molecule has 0 aliphatic carbocycles. The number of alkyl halides is 1. The van der Waals surface area contributed by atoms with Crippen LogP contribution in [0.5, 0.6) is 0 Å². The lowest BCUT2D eigenvalue weighted by atomic mass is 10.1. The van der Waals surface area contributed by atoms with E-state index in [-0.39, 0.29) is 0 Å². The van der Waals surface area contributed by atoms with E-state index in [4.69, 9.17) is 11.6 Å². The first-order valence-corrected chi connectivity index (χ1v) is 6.15.